The van der Waals surface area contributed by atoms with Crippen molar-refractivity contribution in [2.45, 2.75) is 0 Å². The number of halogens is 3. The number of amides is 1. The monoisotopic (exact) mass is 474 g/mol. The predicted molar refractivity (Wildman–Crippen MR) is 99.3 cm³/mol. The number of nitrogens with one attached hydrogen (secondary N) is 1. The lowest BCUT2D eigenvalue weighted by Gasteiger charge is -2.06. The number of nitro benzene ring substituents is 1. The highest BCUT2D eigenvalue weighted by Crippen LogP contribution is 2.35. The number of hydrogen-bond donors (Lipinski definition) is 2. The number of anilines is 1. The molecule has 0 saturated carbocycles. The molecule has 24 heavy (non-hydrogen) atoms. The minimum atomic E-state index is -0.592. The van der Waals surface area contributed by atoms with Crippen LogP contribution in [0.3, 0.4) is 0 Å². The fourth-order valence-electron chi connectivity index (χ4n) is 1.77. The lowest BCUT2D eigenvalue weighted by atomic mass is 10.2. The van der Waals surface area contributed by atoms with Crippen LogP contribution in [-0.2, 0) is 4.79 Å². The van der Waals surface area contributed by atoms with Crippen LogP contribution >= 0.6 is 43.5 Å². The van der Waals surface area contributed by atoms with Crippen LogP contribution in [-0.4, -0.2) is 15.9 Å². The van der Waals surface area contributed by atoms with Crippen molar-refractivity contribution in [2.24, 2.45) is 0 Å². The molecule has 2 rings (SSSR count). The topological polar surface area (TPSA) is 92.5 Å². The molecule has 0 fully saturated rings. The Morgan fingerprint density at radius 2 is 1.88 bits per heavy atom. The van der Waals surface area contributed by atoms with Gasteiger partial charge >= 0.3 is 0 Å². The van der Waals surface area contributed by atoms with Crippen LogP contribution in [0.1, 0.15) is 5.56 Å². The summed E-state index contributed by atoms with van der Waals surface area (Å²) in [6.07, 6.45) is 2.67. The molecule has 0 atom stereocenters. The number of hydrogen-bond acceptors (Lipinski definition) is 4. The van der Waals surface area contributed by atoms with Gasteiger partial charge in [-0.1, -0.05) is 17.7 Å². The first-order chi connectivity index (χ1) is 11.3. The third kappa shape index (κ3) is 4.56. The minimum Gasteiger partial charge on any atom is -0.506 e. The molecular formula is C15H9Br2ClN2O4. The van der Waals surface area contributed by atoms with Crippen molar-refractivity contribution < 1.29 is 14.8 Å². The maximum Gasteiger partial charge on any atom is 0.288 e. The molecule has 0 bridgehead atoms. The van der Waals surface area contributed by atoms with E-state index in [1.165, 1.54) is 24.3 Å². The average molecular weight is 477 g/mol. The van der Waals surface area contributed by atoms with E-state index in [0.717, 1.165) is 0 Å². The molecule has 9 heteroatoms. The number of phenolic OH excluding ortho intramolecular Hbond substituents is 1. The molecule has 0 spiro atoms. The van der Waals surface area contributed by atoms with Gasteiger partial charge in [-0.2, -0.15) is 0 Å². The van der Waals surface area contributed by atoms with E-state index in [-0.39, 0.29) is 16.5 Å². The normalized spacial score (nSPS) is 10.8. The van der Waals surface area contributed by atoms with Gasteiger partial charge in [0.05, 0.1) is 13.9 Å². The molecule has 2 aromatic rings. The third-order valence-electron chi connectivity index (χ3n) is 2.88. The fraction of sp³-hybridized carbons (Fsp3) is 0. The Labute approximate surface area is 158 Å². The quantitative estimate of drug-likeness (QED) is 0.277. The number of phenols is 1. The van der Waals surface area contributed by atoms with Crippen molar-refractivity contribution in [3.05, 3.63) is 66.1 Å². The van der Waals surface area contributed by atoms with Crippen LogP contribution in [0.2, 0.25) is 5.02 Å². The van der Waals surface area contributed by atoms with Crippen molar-refractivity contribution in [1.29, 1.82) is 0 Å². The second-order valence-electron chi connectivity index (χ2n) is 4.58. The number of rotatable bonds is 4. The molecule has 2 N–H and O–H groups in total. The van der Waals surface area contributed by atoms with Crippen molar-refractivity contribution in [3.8, 4) is 5.75 Å². The second-order valence-corrected chi connectivity index (χ2v) is 6.69. The second kappa shape index (κ2) is 7.78. The molecule has 0 aliphatic carbocycles. The lowest BCUT2D eigenvalue weighted by molar-refractivity contribution is -0.384. The summed E-state index contributed by atoms with van der Waals surface area (Å²) in [5.41, 5.74) is 0.697. The Bertz CT molecular complexity index is 832. The summed E-state index contributed by atoms with van der Waals surface area (Å²) in [5, 5.41) is 23.1. The number of benzene rings is 2. The SMILES string of the molecule is O=C(C=Cc1ccc(Cl)c([N+](=O)[O-])c1)Nc1cc(Br)c(O)c(Br)c1. The van der Waals surface area contributed by atoms with Gasteiger partial charge in [-0.25, -0.2) is 0 Å². The van der Waals surface area contributed by atoms with Crippen LogP contribution in [0.15, 0.2) is 45.4 Å². The van der Waals surface area contributed by atoms with Gasteiger partial charge in [-0.3, -0.25) is 14.9 Å². The molecule has 124 valence electrons. The largest absolute Gasteiger partial charge is 0.506 e. The molecule has 0 saturated heterocycles. The number of carbonyl (C=O) groups is 1. The number of nitrogens with zero attached hydrogens (tertiary/aromatic N) is 1. The molecule has 0 unspecified atom stereocenters. The van der Waals surface area contributed by atoms with Gasteiger partial charge in [-0.15, -0.1) is 0 Å². The van der Waals surface area contributed by atoms with Gasteiger partial charge in [0.15, 0.2) is 0 Å². The van der Waals surface area contributed by atoms with Crippen molar-refractivity contribution >= 4 is 66.8 Å². The predicted octanol–water partition coefficient (Wildman–Crippen LogP) is 5.13. The van der Waals surface area contributed by atoms with Crippen molar-refractivity contribution in [3.63, 3.8) is 0 Å². The van der Waals surface area contributed by atoms with Gasteiger partial charge in [0.1, 0.15) is 10.8 Å². The molecule has 1 amide bonds. The molecule has 0 aliphatic rings. The van der Waals surface area contributed by atoms with Gasteiger partial charge in [0.25, 0.3) is 5.69 Å². The van der Waals surface area contributed by atoms with Crippen molar-refractivity contribution in [2.75, 3.05) is 5.32 Å². The van der Waals surface area contributed by atoms with E-state index in [2.05, 4.69) is 37.2 Å². The Morgan fingerprint density at radius 3 is 2.46 bits per heavy atom. The number of aromatic hydroxyl groups is 1. The lowest BCUT2D eigenvalue weighted by Crippen LogP contribution is -2.07. The molecular weight excluding hydrogens is 467 g/mol. The molecule has 0 heterocycles. The fourth-order valence-corrected chi connectivity index (χ4v) is 3.14. The Kier molecular flexibility index (Phi) is 5.98. The van der Waals surface area contributed by atoms with E-state index >= 15 is 0 Å². The first-order valence-electron chi connectivity index (χ1n) is 6.39. The summed E-state index contributed by atoms with van der Waals surface area (Å²) >= 11 is 12.1. The highest BCUT2D eigenvalue weighted by atomic mass is 79.9. The first kappa shape index (κ1) is 18.4. The highest BCUT2D eigenvalue weighted by Gasteiger charge is 2.12. The number of nitro groups is 1. The molecule has 2 aromatic carbocycles. The first-order valence-corrected chi connectivity index (χ1v) is 8.35. The van der Waals surface area contributed by atoms with E-state index in [4.69, 9.17) is 11.6 Å². The van der Waals surface area contributed by atoms with Gasteiger partial charge in [0.2, 0.25) is 5.91 Å². The third-order valence-corrected chi connectivity index (χ3v) is 4.41. The zero-order valence-corrected chi connectivity index (χ0v) is 15.7. The Balaban J connectivity index is 2.14. The smallest absolute Gasteiger partial charge is 0.288 e. The highest BCUT2D eigenvalue weighted by molar-refractivity contribution is 9.11. The number of carbonyl (C=O) groups excluding carboxylic acids is 1. The van der Waals surface area contributed by atoms with Crippen molar-refractivity contribution in [1.82, 2.24) is 0 Å². The van der Waals surface area contributed by atoms with Gasteiger partial charge in [0, 0.05) is 17.8 Å². The molecule has 0 radical (unpaired) electrons. The zero-order valence-electron chi connectivity index (χ0n) is 11.8. The van der Waals surface area contributed by atoms with Crippen LogP contribution in [0.4, 0.5) is 11.4 Å². The summed E-state index contributed by atoms with van der Waals surface area (Å²) in [4.78, 5) is 22.2. The Hall–Kier alpha value is -1.90. The summed E-state index contributed by atoms with van der Waals surface area (Å²) < 4.78 is 0.842. The minimum absolute atomic E-state index is 0.0250. The molecule has 0 aliphatic heterocycles. The molecule has 6 nitrogen and oxygen atoms in total. The van der Waals surface area contributed by atoms with Crippen LogP contribution in [0, 0.1) is 10.1 Å². The van der Waals surface area contributed by atoms with Gasteiger partial charge < -0.3 is 10.4 Å². The molecule has 0 aromatic heterocycles. The van der Waals surface area contributed by atoms with E-state index in [1.54, 1.807) is 18.2 Å². The van der Waals surface area contributed by atoms with E-state index in [1.807, 2.05) is 0 Å². The van der Waals surface area contributed by atoms with Gasteiger partial charge in [-0.05, 0) is 61.7 Å². The summed E-state index contributed by atoms with van der Waals surface area (Å²) in [6, 6.07) is 7.32. The standard InChI is InChI=1S/C15H9Br2ClN2O4/c16-10-6-9(7-11(17)15(10)22)19-14(21)4-2-8-1-3-12(18)13(5-8)20(23)24/h1-7,22H,(H,19,21). The van der Waals surface area contributed by atoms with E-state index in [0.29, 0.717) is 20.2 Å². The summed E-state index contributed by atoms with van der Waals surface area (Å²) in [6.45, 7) is 0. The van der Waals surface area contributed by atoms with E-state index < -0.39 is 10.8 Å². The van der Waals surface area contributed by atoms with Crippen LogP contribution in [0.5, 0.6) is 5.75 Å². The van der Waals surface area contributed by atoms with Crippen LogP contribution < -0.4 is 5.32 Å². The summed E-state index contributed by atoms with van der Waals surface area (Å²) in [5.74, 6) is -0.408. The van der Waals surface area contributed by atoms with E-state index in [9.17, 15) is 20.0 Å². The Morgan fingerprint density at radius 1 is 1.25 bits per heavy atom. The van der Waals surface area contributed by atoms with Crippen LogP contribution in [0.25, 0.3) is 6.08 Å². The average Bonchev–Trinajstić information content (AvgIpc) is 2.51. The maximum absolute atomic E-state index is 11.9. The summed E-state index contributed by atoms with van der Waals surface area (Å²) in [7, 11) is 0. The maximum atomic E-state index is 11.9. The zero-order chi connectivity index (χ0) is 17.9.